The first-order valence-corrected chi connectivity index (χ1v) is 11.8. The maximum absolute atomic E-state index is 4.86. The number of fused-ring (bicyclic) bond motifs is 16. The molecule has 0 saturated carbocycles. The summed E-state index contributed by atoms with van der Waals surface area (Å²) in [5.41, 5.74) is 6.94. The zero-order valence-corrected chi connectivity index (χ0v) is 20.6. The van der Waals surface area contributed by atoms with Gasteiger partial charge in [-0.2, -0.15) is 0 Å². The van der Waals surface area contributed by atoms with Crippen LogP contribution in [0.5, 0.6) is 0 Å². The Morgan fingerprint density at radius 3 is 1.45 bits per heavy atom. The lowest BCUT2D eigenvalue weighted by Crippen LogP contribution is -2.23. The number of rotatable bonds is 0. The summed E-state index contributed by atoms with van der Waals surface area (Å²) in [4.78, 5) is 23.9. The van der Waals surface area contributed by atoms with Crippen molar-refractivity contribution >= 4 is 23.9 Å². The van der Waals surface area contributed by atoms with Crippen LogP contribution in [0.15, 0.2) is 42.5 Å². The lowest BCUT2D eigenvalue weighted by Gasteiger charge is -2.24. The minimum atomic E-state index is 0.774. The predicted molar refractivity (Wildman–Crippen MR) is 136 cm³/mol. The summed E-state index contributed by atoms with van der Waals surface area (Å²) >= 11 is 0. The largest absolute Gasteiger partial charge is 0.378 e. The van der Waals surface area contributed by atoms with Gasteiger partial charge in [0.2, 0.25) is 0 Å². The molecule has 6 heteroatoms. The number of hydrogen-bond acceptors (Lipinski definition) is 6. The van der Waals surface area contributed by atoms with Crippen LogP contribution in [0, 0.1) is 0 Å². The summed E-state index contributed by atoms with van der Waals surface area (Å²) in [7, 11) is 4.37. The molecule has 0 aromatic carbocycles. The third-order valence-electron chi connectivity index (χ3n) is 6.22. The molecule has 0 aromatic rings. The Bertz CT molecular complexity index is 707. The summed E-state index contributed by atoms with van der Waals surface area (Å²) in [6.07, 6.45) is 9.49. The topological polar surface area (TPSA) is 55.9 Å². The van der Waals surface area contributed by atoms with Gasteiger partial charge in [0.1, 0.15) is 0 Å². The highest BCUT2D eigenvalue weighted by Crippen LogP contribution is 2.14. The second-order valence-electron chi connectivity index (χ2n) is 8.61. The summed E-state index contributed by atoms with van der Waals surface area (Å²) < 4.78 is 0. The van der Waals surface area contributed by atoms with Crippen molar-refractivity contribution in [3.63, 3.8) is 0 Å². The summed E-state index contributed by atoms with van der Waals surface area (Å²) in [6, 6.07) is 0. The molecule has 0 aliphatic carbocycles. The zero-order chi connectivity index (χ0) is 22.6. The van der Waals surface area contributed by atoms with Crippen molar-refractivity contribution in [1.29, 1.82) is 0 Å². The van der Waals surface area contributed by atoms with Gasteiger partial charge in [-0.15, -0.1) is 0 Å². The molecule has 0 fully saturated rings. The average molecular weight is 427 g/mol. The van der Waals surface area contributed by atoms with E-state index in [0.717, 1.165) is 74.7 Å². The third-order valence-corrected chi connectivity index (χ3v) is 6.22. The van der Waals surface area contributed by atoms with Gasteiger partial charge in [-0.25, -0.2) is 0 Å². The zero-order valence-electron chi connectivity index (χ0n) is 20.6. The van der Waals surface area contributed by atoms with E-state index in [1.165, 1.54) is 30.7 Å². The molecule has 0 unspecified atom stereocenters. The lowest BCUT2D eigenvalue weighted by atomic mass is 10.1. The van der Waals surface area contributed by atoms with E-state index in [-0.39, 0.29) is 0 Å². The molecule has 2 bridgehead atoms. The van der Waals surface area contributed by atoms with E-state index in [1.54, 1.807) is 0 Å². The minimum Gasteiger partial charge on any atom is -0.378 e. The molecule has 0 aromatic heterocycles. The van der Waals surface area contributed by atoms with Crippen molar-refractivity contribution in [2.75, 3.05) is 53.4 Å². The van der Waals surface area contributed by atoms with Gasteiger partial charge in [-0.05, 0) is 59.8 Å². The molecule has 0 radical (unpaired) electrons. The Labute approximate surface area is 189 Å². The molecule has 0 saturated heterocycles. The van der Waals surface area contributed by atoms with E-state index in [2.05, 4.69) is 51.6 Å². The van der Waals surface area contributed by atoms with Gasteiger partial charge in [-0.3, -0.25) is 20.0 Å². The number of nitrogens with zero attached hydrogens (tertiary/aromatic N) is 6. The maximum atomic E-state index is 4.86. The first-order chi connectivity index (χ1) is 14.9. The molecule has 3 aliphatic heterocycles. The molecule has 0 amide bonds. The quantitative estimate of drug-likeness (QED) is 0.575. The molecule has 0 N–H and O–H groups in total. The highest BCUT2D eigenvalue weighted by molar-refractivity contribution is 6.16. The van der Waals surface area contributed by atoms with Crippen LogP contribution in [0.3, 0.4) is 0 Å². The van der Waals surface area contributed by atoms with Crippen LogP contribution in [0.4, 0.5) is 0 Å². The van der Waals surface area contributed by atoms with Crippen LogP contribution in [0.1, 0.15) is 59.8 Å². The summed E-state index contributed by atoms with van der Waals surface area (Å²) in [6.45, 7) is 13.8. The monoisotopic (exact) mass is 426 g/mol. The SMILES string of the molecule is CC1=NCCCN=C(C)C2=C(C)N(C)CCCCCN(C)C(C)=C1C=NCCCN=C2. The van der Waals surface area contributed by atoms with Gasteiger partial charge in [0, 0.05) is 99.8 Å². The van der Waals surface area contributed by atoms with Crippen molar-refractivity contribution in [3.8, 4) is 0 Å². The molecule has 172 valence electrons. The molecule has 31 heavy (non-hydrogen) atoms. The Kier molecular flexibility index (Phi) is 10.7. The Morgan fingerprint density at radius 2 is 1.00 bits per heavy atom. The molecule has 3 rings (SSSR count). The third kappa shape index (κ3) is 8.08. The van der Waals surface area contributed by atoms with E-state index < -0.39 is 0 Å². The highest BCUT2D eigenvalue weighted by atomic mass is 15.1. The first kappa shape index (κ1) is 25.0. The predicted octanol–water partition coefficient (Wildman–Crippen LogP) is 4.44. The van der Waals surface area contributed by atoms with E-state index in [0.29, 0.717) is 0 Å². The summed E-state index contributed by atoms with van der Waals surface area (Å²) in [5.74, 6) is 0. The maximum Gasteiger partial charge on any atom is 0.0422 e. The van der Waals surface area contributed by atoms with Crippen molar-refractivity contribution in [2.45, 2.75) is 59.8 Å². The van der Waals surface area contributed by atoms with Crippen molar-refractivity contribution in [2.24, 2.45) is 20.0 Å². The van der Waals surface area contributed by atoms with Crippen LogP contribution < -0.4 is 0 Å². The minimum absolute atomic E-state index is 0.774. The van der Waals surface area contributed by atoms with Crippen molar-refractivity contribution < 1.29 is 0 Å². The van der Waals surface area contributed by atoms with E-state index in [4.69, 9.17) is 20.0 Å². The van der Waals surface area contributed by atoms with Crippen LogP contribution in [-0.2, 0) is 0 Å². The molecule has 0 spiro atoms. The fourth-order valence-electron chi connectivity index (χ4n) is 3.82. The van der Waals surface area contributed by atoms with Crippen LogP contribution in [0.25, 0.3) is 0 Å². The van der Waals surface area contributed by atoms with Crippen LogP contribution in [-0.4, -0.2) is 87.0 Å². The molecule has 0 atom stereocenters. The Hall–Kier alpha value is -2.24. The first-order valence-electron chi connectivity index (χ1n) is 11.8. The van der Waals surface area contributed by atoms with E-state index in [1.807, 2.05) is 12.4 Å². The molecule has 6 nitrogen and oxygen atoms in total. The van der Waals surface area contributed by atoms with Crippen molar-refractivity contribution in [1.82, 2.24) is 9.80 Å². The second kappa shape index (κ2) is 13.2. The fraction of sp³-hybridized carbons (Fsp3) is 0.680. The molecular weight excluding hydrogens is 384 g/mol. The van der Waals surface area contributed by atoms with Crippen LogP contribution in [0.2, 0.25) is 0 Å². The smallest absolute Gasteiger partial charge is 0.0422 e. The van der Waals surface area contributed by atoms with Crippen molar-refractivity contribution in [3.05, 3.63) is 22.5 Å². The normalized spacial score (nSPS) is 21.5. The average Bonchev–Trinajstić information content (AvgIpc) is 2.75. The standard InChI is InChI=1S/C25H42N6/c1-20-24-18-26-12-10-13-27-19-25(21(2)29-15-11-14-28-20)23(4)31(6)17-9-7-8-16-30(5)22(24)3/h18-19H,7-17H2,1-6H3. The van der Waals surface area contributed by atoms with Gasteiger partial charge in [0.25, 0.3) is 0 Å². The Balaban J connectivity index is 2.47. The van der Waals surface area contributed by atoms with E-state index >= 15 is 0 Å². The van der Waals surface area contributed by atoms with Gasteiger partial charge >= 0.3 is 0 Å². The van der Waals surface area contributed by atoms with Gasteiger partial charge in [0.15, 0.2) is 0 Å². The second-order valence-corrected chi connectivity index (χ2v) is 8.61. The number of hydrogen-bond donors (Lipinski definition) is 0. The van der Waals surface area contributed by atoms with Crippen LogP contribution >= 0.6 is 0 Å². The molecule has 3 aliphatic rings. The van der Waals surface area contributed by atoms with Gasteiger partial charge in [-0.1, -0.05) is 0 Å². The number of aliphatic imine (C=N–C) groups is 4. The van der Waals surface area contributed by atoms with Gasteiger partial charge < -0.3 is 9.80 Å². The molecular formula is C25H42N6. The number of allylic oxidation sites excluding steroid dienone is 4. The Morgan fingerprint density at radius 1 is 0.581 bits per heavy atom. The molecule has 3 heterocycles. The highest BCUT2D eigenvalue weighted by Gasteiger charge is 2.11. The summed E-state index contributed by atoms with van der Waals surface area (Å²) in [5, 5.41) is 0. The lowest BCUT2D eigenvalue weighted by molar-refractivity contribution is 0.371. The van der Waals surface area contributed by atoms with Gasteiger partial charge in [0.05, 0.1) is 0 Å². The van der Waals surface area contributed by atoms with E-state index in [9.17, 15) is 0 Å². The fourth-order valence-corrected chi connectivity index (χ4v) is 3.82.